The summed E-state index contributed by atoms with van der Waals surface area (Å²) in [5.41, 5.74) is 2.96. The minimum atomic E-state index is -0.431. The Hall–Kier alpha value is -2.10. The highest BCUT2D eigenvalue weighted by Crippen LogP contribution is 2.36. The minimum absolute atomic E-state index is 0.381. The van der Waals surface area contributed by atoms with Gasteiger partial charge in [-0.25, -0.2) is 4.79 Å². The maximum atomic E-state index is 12.5. The van der Waals surface area contributed by atoms with Gasteiger partial charge in [0.1, 0.15) is 0 Å². The zero-order valence-corrected chi connectivity index (χ0v) is 17.2. The first-order chi connectivity index (χ1) is 13.1. The number of nitrogens with zero attached hydrogens (tertiary/aromatic N) is 1. The van der Waals surface area contributed by atoms with E-state index in [2.05, 4.69) is 19.9 Å². The molecule has 2 aromatic rings. The number of carbonyl (C=O) groups excluding carboxylic acids is 2. The van der Waals surface area contributed by atoms with E-state index in [4.69, 9.17) is 4.74 Å². The van der Waals surface area contributed by atoms with Crippen LogP contribution in [-0.2, 0) is 11.3 Å². The zero-order chi connectivity index (χ0) is 19.8. The number of benzene rings is 1. The van der Waals surface area contributed by atoms with Crippen molar-refractivity contribution >= 4 is 23.2 Å². The average Bonchev–Trinajstić information content (AvgIpc) is 3.03. The second kappa shape index (κ2) is 10.3. The highest BCUT2D eigenvalue weighted by molar-refractivity contribution is 6.11. The molecule has 1 heterocycles. The largest absolute Gasteiger partial charge is 0.465 e. The number of rotatable bonds is 11. The van der Waals surface area contributed by atoms with Crippen LogP contribution in [0.15, 0.2) is 18.2 Å². The molecule has 1 atom stereocenters. The maximum absolute atomic E-state index is 12.5. The van der Waals surface area contributed by atoms with Crippen molar-refractivity contribution in [3.8, 4) is 0 Å². The van der Waals surface area contributed by atoms with Gasteiger partial charge in [0, 0.05) is 17.4 Å². The lowest BCUT2D eigenvalue weighted by atomic mass is 9.87. The number of methoxy groups -OCH3 is 1. The molecule has 0 N–H and O–H groups in total. The molecule has 2 rings (SSSR count). The topological polar surface area (TPSA) is 48.3 Å². The SMILES string of the molecule is CCCCCCCC(CC)c1cccc2c1c(C(=O)OC)c(C=O)n2CC. The van der Waals surface area contributed by atoms with E-state index in [0.717, 1.165) is 30.0 Å². The summed E-state index contributed by atoms with van der Waals surface area (Å²) in [6.45, 7) is 7.06. The van der Waals surface area contributed by atoms with E-state index in [1.165, 1.54) is 44.8 Å². The molecule has 0 bridgehead atoms. The Morgan fingerprint density at radius 1 is 1.15 bits per heavy atom. The van der Waals surface area contributed by atoms with E-state index in [9.17, 15) is 9.59 Å². The highest BCUT2D eigenvalue weighted by atomic mass is 16.5. The third-order valence-corrected chi connectivity index (χ3v) is 5.57. The molecule has 4 heteroatoms. The number of ether oxygens (including phenoxy) is 1. The zero-order valence-electron chi connectivity index (χ0n) is 17.2. The molecule has 148 valence electrons. The molecule has 0 amide bonds. The molecule has 1 aromatic carbocycles. The van der Waals surface area contributed by atoms with E-state index < -0.39 is 5.97 Å². The van der Waals surface area contributed by atoms with Gasteiger partial charge in [0.2, 0.25) is 0 Å². The highest BCUT2D eigenvalue weighted by Gasteiger charge is 2.26. The smallest absolute Gasteiger partial charge is 0.340 e. The third-order valence-electron chi connectivity index (χ3n) is 5.57. The number of aromatic nitrogens is 1. The Balaban J connectivity index is 2.51. The summed E-state index contributed by atoms with van der Waals surface area (Å²) in [6.07, 6.45) is 9.17. The monoisotopic (exact) mass is 371 g/mol. The summed E-state index contributed by atoms with van der Waals surface area (Å²) in [4.78, 5) is 24.3. The molecule has 0 saturated carbocycles. The number of esters is 1. The Bertz CT molecular complexity index is 776. The summed E-state index contributed by atoms with van der Waals surface area (Å²) in [6, 6.07) is 6.15. The van der Waals surface area contributed by atoms with Gasteiger partial charge >= 0.3 is 5.97 Å². The first kappa shape index (κ1) is 21.2. The third kappa shape index (κ3) is 4.42. The predicted octanol–water partition coefficient (Wildman–Crippen LogP) is 6.11. The maximum Gasteiger partial charge on any atom is 0.340 e. The Kier molecular flexibility index (Phi) is 8.08. The van der Waals surface area contributed by atoms with Crippen molar-refractivity contribution in [1.29, 1.82) is 0 Å². The number of hydrogen-bond acceptors (Lipinski definition) is 3. The number of aldehydes is 1. The van der Waals surface area contributed by atoms with Gasteiger partial charge in [0.05, 0.1) is 18.4 Å². The van der Waals surface area contributed by atoms with Gasteiger partial charge in [0.25, 0.3) is 0 Å². The summed E-state index contributed by atoms with van der Waals surface area (Å²) < 4.78 is 6.95. The summed E-state index contributed by atoms with van der Waals surface area (Å²) in [7, 11) is 1.37. The molecule has 0 aliphatic heterocycles. The fraction of sp³-hybridized carbons (Fsp3) is 0.565. The second-order valence-electron chi connectivity index (χ2n) is 7.16. The minimum Gasteiger partial charge on any atom is -0.465 e. The lowest BCUT2D eigenvalue weighted by Crippen LogP contribution is -2.08. The van der Waals surface area contributed by atoms with Crippen LogP contribution in [0.1, 0.15) is 98.0 Å². The van der Waals surface area contributed by atoms with Crippen LogP contribution in [-0.4, -0.2) is 23.9 Å². The van der Waals surface area contributed by atoms with Crippen LogP contribution < -0.4 is 0 Å². The van der Waals surface area contributed by atoms with E-state index in [1.807, 2.05) is 23.6 Å². The van der Waals surface area contributed by atoms with Crippen LogP contribution in [0.5, 0.6) is 0 Å². The lowest BCUT2D eigenvalue weighted by molar-refractivity contribution is 0.0600. The Labute approximate surface area is 162 Å². The number of unbranched alkanes of at least 4 members (excludes halogenated alkanes) is 4. The predicted molar refractivity (Wildman–Crippen MR) is 111 cm³/mol. The van der Waals surface area contributed by atoms with E-state index >= 15 is 0 Å². The van der Waals surface area contributed by atoms with Crippen LogP contribution in [0.3, 0.4) is 0 Å². The summed E-state index contributed by atoms with van der Waals surface area (Å²) >= 11 is 0. The Morgan fingerprint density at radius 3 is 2.48 bits per heavy atom. The quantitative estimate of drug-likeness (QED) is 0.272. The number of hydrogen-bond donors (Lipinski definition) is 0. The molecular weight excluding hydrogens is 338 g/mol. The van der Waals surface area contributed by atoms with Crippen molar-refractivity contribution in [2.24, 2.45) is 0 Å². The van der Waals surface area contributed by atoms with Crippen molar-refractivity contribution in [1.82, 2.24) is 4.57 Å². The Morgan fingerprint density at radius 2 is 1.89 bits per heavy atom. The van der Waals surface area contributed by atoms with Crippen LogP contribution in [0.4, 0.5) is 0 Å². The van der Waals surface area contributed by atoms with Gasteiger partial charge in [0.15, 0.2) is 6.29 Å². The molecule has 4 nitrogen and oxygen atoms in total. The molecule has 0 aliphatic rings. The van der Waals surface area contributed by atoms with Crippen LogP contribution in [0.2, 0.25) is 0 Å². The van der Waals surface area contributed by atoms with Crippen molar-refractivity contribution in [2.75, 3.05) is 7.11 Å². The van der Waals surface area contributed by atoms with Gasteiger partial charge < -0.3 is 9.30 Å². The second-order valence-corrected chi connectivity index (χ2v) is 7.16. The molecule has 0 aliphatic carbocycles. The first-order valence-electron chi connectivity index (χ1n) is 10.3. The molecule has 1 aromatic heterocycles. The normalized spacial score (nSPS) is 12.3. The van der Waals surface area contributed by atoms with Crippen LogP contribution in [0.25, 0.3) is 10.9 Å². The fourth-order valence-corrected chi connectivity index (χ4v) is 4.13. The van der Waals surface area contributed by atoms with E-state index in [0.29, 0.717) is 23.7 Å². The summed E-state index contributed by atoms with van der Waals surface area (Å²) in [5, 5.41) is 0.897. The molecule has 0 fully saturated rings. The molecule has 1 unspecified atom stereocenters. The number of carbonyl (C=O) groups is 2. The number of aryl methyl sites for hydroxylation is 1. The van der Waals surface area contributed by atoms with Crippen molar-refractivity contribution in [3.05, 3.63) is 35.0 Å². The molecule has 0 spiro atoms. The van der Waals surface area contributed by atoms with Gasteiger partial charge in [-0.3, -0.25) is 4.79 Å². The van der Waals surface area contributed by atoms with E-state index in [-0.39, 0.29) is 0 Å². The van der Waals surface area contributed by atoms with Crippen LogP contribution >= 0.6 is 0 Å². The van der Waals surface area contributed by atoms with Gasteiger partial charge in [-0.15, -0.1) is 0 Å². The molecule has 0 saturated heterocycles. The van der Waals surface area contributed by atoms with E-state index in [1.54, 1.807) is 0 Å². The molecular formula is C23H33NO3. The number of fused-ring (bicyclic) bond motifs is 1. The van der Waals surface area contributed by atoms with Gasteiger partial charge in [-0.1, -0.05) is 58.1 Å². The molecule has 27 heavy (non-hydrogen) atoms. The molecule has 0 radical (unpaired) electrons. The van der Waals surface area contributed by atoms with Gasteiger partial charge in [-0.05, 0) is 37.3 Å². The average molecular weight is 372 g/mol. The van der Waals surface area contributed by atoms with Gasteiger partial charge in [-0.2, -0.15) is 0 Å². The first-order valence-corrected chi connectivity index (χ1v) is 10.3. The lowest BCUT2D eigenvalue weighted by Gasteiger charge is -2.17. The van der Waals surface area contributed by atoms with Crippen LogP contribution in [0, 0.1) is 0 Å². The fourth-order valence-electron chi connectivity index (χ4n) is 4.13. The standard InChI is InChI=1S/C23H33NO3/c1-5-8-9-10-11-13-17(6-2)18-14-12-15-19-21(18)22(23(26)27-4)20(16-25)24(19)7-3/h12,14-17H,5-11,13H2,1-4H3. The van der Waals surface area contributed by atoms with Crippen molar-refractivity contribution in [2.45, 2.75) is 78.2 Å². The summed E-state index contributed by atoms with van der Waals surface area (Å²) in [5.74, 6) is -0.0505. The van der Waals surface area contributed by atoms with Crippen molar-refractivity contribution < 1.29 is 14.3 Å². The van der Waals surface area contributed by atoms with Crippen molar-refractivity contribution in [3.63, 3.8) is 0 Å².